The number of nitrogens with zero attached hydrogens (tertiary/aromatic N) is 4. The van der Waals surface area contributed by atoms with E-state index in [-0.39, 0.29) is 30.0 Å². The molecule has 1 fully saturated rings. The Morgan fingerprint density at radius 1 is 0.853 bits per heavy atom. The van der Waals surface area contributed by atoms with Crippen LogP contribution in [0.15, 0.2) is 76.5 Å². The molecule has 4 rings (SSSR count). The molecule has 1 heterocycles. The Labute approximate surface area is 198 Å². The maximum atomic E-state index is 14.2. The lowest BCUT2D eigenvalue weighted by Crippen LogP contribution is -2.49. The van der Waals surface area contributed by atoms with Crippen molar-refractivity contribution in [2.45, 2.75) is 9.79 Å². The summed E-state index contributed by atoms with van der Waals surface area (Å²) in [6.45, 7) is 1.28. The zero-order chi connectivity index (χ0) is 24.2. The van der Waals surface area contributed by atoms with Crippen LogP contribution in [-0.4, -0.2) is 46.8 Å². The molecule has 0 aliphatic carbocycles. The average Bonchev–Trinajstić information content (AvgIpc) is 2.85. The molecule has 0 radical (unpaired) electrons. The number of non-ortho nitro benzene ring substituents is 1. The Morgan fingerprint density at radius 2 is 1.53 bits per heavy atom. The number of hydrogen-bond donors (Lipinski definition) is 0. The van der Waals surface area contributed by atoms with Crippen LogP contribution in [-0.2, 0) is 0 Å². The molecule has 3 aromatic carbocycles. The zero-order valence-electron chi connectivity index (χ0n) is 17.8. The van der Waals surface area contributed by atoms with Gasteiger partial charge in [-0.1, -0.05) is 36.0 Å². The fourth-order valence-corrected chi connectivity index (χ4v) is 4.68. The highest BCUT2D eigenvalue weighted by atomic mass is 32.2. The first-order valence-electron chi connectivity index (χ1n) is 10.3. The largest absolute Gasteiger partial charge is 0.362 e. The van der Waals surface area contributed by atoms with Gasteiger partial charge < -0.3 is 9.80 Å². The van der Waals surface area contributed by atoms with Crippen LogP contribution in [0.25, 0.3) is 0 Å². The van der Waals surface area contributed by atoms with Gasteiger partial charge in [0.1, 0.15) is 11.5 Å². The van der Waals surface area contributed by atoms with Gasteiger partial charge >= 0.3 is 0 Å². The predicted octanol–water partition coefficient (Wildman–Crippen LogP) is 4.76. The van der Waals surface area contributed by atoms with Crippen LogP contribution in [0.1, 0.15) is 10.4 Å². The van der Waals surface area contributed by atoms with E-state index in [1.807, 2.05) is 4.90 Å². The van der Waals surface area contributed by atoms with Crippen molar-refractivity contribution < 1.29 is 19.0 Å². The third kappa shape index (κ3) is 4.84. The van der Waals surface area contributed by atoms with Crippen LogP contribution in [0, 0.1) is 26.0 Å². The van der Waals surface area contributed by atoms with E-state index in [0.29, 0.717) is 28.6 Å². The van der Waals surface area contributed by atoms with Crippen LogP contribution in [0.4, 0.5) is 21.5 Å². The molecule has 0 unspecified atom stereocenters. The first kappa shape index (κ1) is 23.2. The summed E-state index contributed by atoms with van der Waals surface area (Å²) in [6.07, 6.45) is 0. The zero-order valence-corrected chi connectivity index (χ0v) is 18.6. The SMILES string of the molecule is O=C(c1cc([N+](=O)[O-])ccc1Sc1ccccc1F)N1CCN(c2ccccc2[N+](=O)[O-])CC1. The van der Waals surface area contributed by atoms with Gasteiger partial charge in [-0.25, -0.2) is 4.39 Å². The van der Waals surface area contributed by atoms with Crippen molar-refractivity contribution in [3.63, 3.8) is 0 Å². The summed E-state index contributed by atoms with van der Waals surface area (Å²) in [5.41, 5.74) is 0.344. The van der Waals surface area contributed by atoms with Crippen molar-refractivity contribution in [2.75, 3.05) is 31.1 Å². The van der Waals surface area contributed by atoms with Gasteiger partial charge in [0, 0.05) is 54.2 Å². The molecule has 0 saturated carbocycles. The first-order valence-corrected chi connectivity index (χ1v) is 11.2. The second kappa shape index (κ2) is 9.87. The first-order chi connectivity index (χ1) is 16.3. The Bertz CT molecular complexity index is 1260. The molecular formula is C23H19FN4O5S. The Kier molecular flexibility index (Phi) is 6.73. The smallest absolute Gasteiger partial charge is 0.292 e. The summed E-state index contributed by atoms with van der Waals surface area (Å²) in [5, 5.41) is 22.7. The van der Waals surface area contributed by atoms with Crippen LogP contribution < -0.4 is 4.90 Å². The lowest BCUT2D eigenvalue weighted by molar-refractivity contribution is -0.385. The Balaban J connectivity index is 1.57. The number of para-hydroxylation sites is 2. The molecule has 1 aliphatic heterocycles. The summed E-state index contributed by atoms with van der Waals surface area (Å²) >= 11 is 1.03. The van der Waals surface area contributed by atoms with E-state index in [9.17, 15) is 29.4 Å². The highest BCUT2D eigenvalue weighted by Crippen LogP contribution is 2.35. The molecule has 1 aliphatic rings. The fourth-order valence-electron chi connectivity index (χ4n) is 3.74. The molecule has 0 bridgehead atoms. The topological polar surface area (TPSA) is 110 Å². The molecule has 0 spiro atoms. The standard InChI is InChI=1S/C23H19FN4O5S/c24-18-5-1-4-8-22(18)34-21-10-9-16(27(30)31)15-17(21)23(29)26-13-11-25(12-14-26)19-6-2-3-7-20(19)28(32)33/h1-10,15H,11-14H2. The quantitative estimate of drug-likeness (QED) is 0.368. The Hall–Kier alpha value is -3.99. The number of rotatable bonds is 6. The molecule has 0 aromatic heterocycles. The number of amides is 1. The van der Waals surface area contributed by atoms with Gasteiger partial charge in [-0.15, -0.1) is 0 Å². The average molecular weight is 482 g/mol. The maximum Gasteiger partial charge on any atom is 0.292 e. The molecule has 0 atom stereocenters. The second-order valence-corrected chi connectivity index (χ2v) is 8.58. The van der Waals surface area contributed by atoms with Crippen LogP contribution in [0.5, 0.6) is 0 Å². The third-order valence-corrected chi connectivity index (χ3v) is 6.57. The number of halogens is 1. The molecule has 1 saturated heterocycles. The molecule has 174 valence electrons. The minimum atomic E-state index is -0.583. The highest BCUT2D eigenvalue weighted by Gasteiger charge is 2.28. The molecule has 9 nitrogen and oxygen atoms in total. The highest BCUT2D eigenvalue weighted by molar-refractivity contribution is 7.99. The van der Waals surface area contributed by atoms with Gasteiger partial charge in [0.2, 0.25) is 0 Å². The van der Waals surface area contributed by atoms with E-state index in [1.165, 1.54) is 30.3 Å². The number of benzene rings is 3. The molecule has 3 aromatic rings. The van der Waals surface area contributed by atoms with Crippen LogP contribution >= 0.6 is 11.8 Å². The van der Waals surface area contributed by atoms with E-state index in [2.05, 4.69) is 0 Å². The molecule has 34 heavy (non-hydrogen) atoms. The molecule has 1 amide bonds. The molecular weight excluding hydrogens is 463 g/mol. The summed E-state index contributed by atoms with van der Waals surface area (Å²) in [7, 11) is 0. The predicted molar refractivity (Wildman–Crippen MR) is 125 cm³/mol. The summed E-state index contributed by atoms with van der Waals surface area (Å²) < 4.78 is 14.2. The van der Waals surface area contributed by atoms with E-state index in [1.54, 1.807) is 41.3 Å². The van der Waals surface area contributed by atoms with Crippen molar-refractivity contribution in [2.24, 2.45) is 0 Å². The summed E-state index contributed by atoms with van der Waals surface area (Å²) in [5.74, 6) is -0.868. The second-order valence-electron chi connectivity index (χ2n) is 7.50. The van der Waals surface area contributed by atoms with Gasteiger partial charge in [0.25, 0.3) is 17.3 Å². The van der Waals surface area contributed by atoms with Crippen molar-refractivity contribution in [1.29, 1.82) is 0 Å². The third-order valence-electron chi connectivity index (χ3n) is 5.45. The lowest BCUT2D eigenvalue weighted by Gasteiger charge is -2.36. The van der Waals surface area contributed by atoms with Crippen LogP contribution in [0.3, 0.4) is 0 Å². The maximum absolute atomic E-state index is 14.2. The minimum Gasteiger partial charge on any atom is -0.362 e. The van der Waals surface area contributed by atoms with E-state index < -0.39 is 21.6 Å². The number of hydrogen-bond acceptors (Lipinski definition) is 7. The minimum absolute atomic E-state index is 0.00969. The van der Waals surface area contributed by atoms with Crippen molar-refractivity contribution in [3.8, 4) is 0 Å². The Morgan fingerprint density at radius 3 is 2.21 bits per heavy atom. The van der Waals surface area contributed by atoms with Crippen molar-refractivity contribution in [1.82, 2.24) is 4.90 Å². The molecule has 0 N–H and O–H groups in total. The van der Waals surface area contributed by atoms with Gasteiger partial charge in [-0.2, -0.15) is 0 Å². The van der Waals surface area contributed by atoms with E-state index in [0.717, 1.165) is 11.8 Å². The summed E-state index contributed by atoms with van der Waals surface area (Å²) in [4.78, 5) is 39.1. The monoisotopic (exact) mass is 482 g/mol. The normalized spacial score (nSPS) is 13.6. The van der Waals surface area contributed by atoms with E-state index >= 15 is 0 Å². The lowest BCUT2D eigenvalue weighted by atomic mass is 10.1. The van der Waals surface area contributed by atoms with Gasteiger partial charge in [0.05, 0.1) is 15.4 Å². The molecule has 11 heteroatoms. The number of carbonyl (C=O) groups excluding carboxylic acids is 1. The number of anilines is 1. The van der Waals surface area contributed by atoms with Gasteiger partial charge in [0.15, 0.2) is 0 Å². The number of carbonyl (C=O) groups is 1. The number of nitro groups is 2. The fraction of sp³-hybridized carbons (Fsp3) is 0.174. The van der Waals surface area contributed by atoms with Gasteiger partial charge in [-0.05, 0) is 24.3 Å². The van der Waals surface area contributed by atoms with Crippen molar-refractivity contribution in [3.05, 3.63) is 98.3 Å². The van der Waals surface area contributed by atoms with E-state index in [4.69, 9.17) is 0 Å². The summed E-state index contributed by atoms with van der Waals surface area (Å²) in [6, 6.07) is 16.4. The van der Waals surface area contributed by atoms with Crippen LogP contribution in [0.2, 0.25) is 0 Å². The number of nitro benzene ring substituents is 2. The van der Waals surface area contributed by atoms with Gasteiger partial charge in [-0.3, -0.25) is 25.0 Å². The number of piperazine rings is 1. The van der Waals surface area contributed by atoms with Crippen molar-refractivity contribution >= 4 is 34.7 Å².